The molecule has 0 bridgehead atoms. The quantitative estimate of drug-likeness (QED) is 0.793. The first-order valence-corrected chi connectivity index (χ1v) is 8.88. The topological polar surface area (TPSA) is 87.6 Å². The third kappa shape index (κ3) is 6.10. The highest BCUT2D eigenvalue weighted by Gasteiger charge is 2.30. The highest BCUT2D eigenvalue weighted by molar-refractivity contribution is 6.05. The summed E-state index contributed by atoms with van der Waals surface area (Å²) in [6, 6.07) is 5.78. The third-order valence-corrected chi connectivity index (χ3v) is 4.33. The minimum Gasteiger partial charge on any atom is -0.326 e. The van der Waals surface area contributed by atoms with Crippen molar-refractivity contribution in [2.75, 3.05) is 5.32 Å². The van der Waals surface area contributed by atoms with Gasteiger partial charge >= 0.3 is 0 Å². The fourth-order valence-electron chi connectivity index (χ4n) is 3.17. The molecule has 0 spiro atoms. The van der Waals surface area contributed by atoms with E-state index in [-0.39, 0.29) is 42.3 Å². The maximum absolute atomic E-state index is 12.0. The molecule has 0 atom stereocenters. The number of hydrogen-bond acceptors (Lipinski definition) is 4. The summed E-state index contributed by atoms with van der Waals surface area (Å²) in [5.41, 5.74) is 5.91. The molecule has 2 amide bonds. The molecule has 0 radical (unpaired) electrons. The Balaban J connectivity index is 1.80. The molecule has 1 saturated carbocycles. The van der Waals surface area contributed by atoms with E-state index in [2.05, 4.69) is 15.8 Å². The lowest BCUT2D eigenvalue weighted by Gasteiger charge is -2.28. The Morgan fingerprint density at radius 2 is 1.81 bits per heavy atom. The highest BCUT2D eigenvalue weighted by atomic mass is 16.2. The van der Waals surface area contributed by atoms with Crippen molar-refractivity contribution in [2.24, 2.45) is 10.5 Å². The lowest BCUT2D eigenvalue weighted by Crippen LogP contribution is -2.31. The zero-order valence-electron chi connectivity index (χ0n) is 15.9. The number of carbonyl (C=O) groups is 3. The molecule has 0 aromatic heterocycles. The van der Waals surface area contributed by atoms with E-state index in [1.807, 2.05) is 45.9 Å². The monoisotopic (exact) mass is 357 g/mol. The Labute approximate surface area is 154 Å². The van der Waals surface area contributed by atoms with Gasteiger partial charge in [-0.05, 0) is 37.3 Å². The first-order chi connectivity index (χ1) is 12.1. The Bertz CT molecular complexity index is 751. The van der Waals surface area contributed by atoms with Crippen LogP contribution in [0.2, 0.25) is 0 Å². The van der Waals surface area contributed by atoms with E-state index < -0.39 is 0 Å². The van der Waals surface area contributed by atoms with Gasteiger partial charge < -0.3 is 5.32 Å². The maximum Gasteiger partial charge on any atom is 0.240 e. The van der Waals surface area contributed by atoms with Gasteiger partial charge in [0.1, 0.15) is 5.78 Å². The molecule has 6 heteroatoms. The fraction of sp³-hybridized carbons (Fsp3) is 0.500. The van der Waals surface area contributed by atoms with E-state index in [9.17, 15) is 14.4 Å². The van der Waals surface area contributed by atoms with Crippen LogP contribution in [-0.4, -0.2) is 23.3 Å². The fourth-order valence-corrected chi connectivity index (χ4v) is 3.17. The number of rotatable bonds is 5. The SMILES string of the molecule is Cc1ccc(NC(=O)CCC(=O)NN=C2CC(=O)CC(C)(C)C2)c(C)c1. The van der Waals surface area contributed by atoms with Gasteiger partial charge in [0.2, 0.25) is 11.8 Å². The van der Waals surface area contributed by atoms with Gasteiger partial charge in [-0.1, -0.05) is 31.5 Å². The first-order valence-electron chi connectivity index (χ1n) is 8.88. The van der Waals surface area contributed by atoms with E-state index in [4.69, 9.17) is 0 Å². The molecule has 140 valence electrons. The molecule has 26 heavy (non-hydrogen) atoms. The molecule has 1 aromatic carbocycles. The molecule has 0 saturated heterocycles. The number of nitrogens with one attached hydrogen (secondary N) is 2. The summed E-state index contributed by atoms with van der Waals surface area (Å²) in [5.74, 6) is -0.403. The number of amides is 2. The number of hydrazone groups is 1. The van der Waals surface area contributed by atoms with Gasteiger partial charge in [-0.3, -0.25) is 14.4 Å². The van der Waals surface area contributed by atoms with Gasteiger partial charge in [0.25, 0.3) is 0 Å². The lowest BCUT2D eigenvalue weighted by molar-refractivity contribution is -0.124. The summed E-state index contributed by atoms with van der Waals surface area (Å²) in [4.78, 5) is 35.7. The predicted molar refractivity (Wildman–Crippen MR) is 102 cm³/mol. The average Bonchev–Trinajstić information content (AvgIpc) is 2.52. The van der Waals surface area contributed by atoms with Crippen molar-refractivity contribution in [1.82, 2.24) is 5.43 Å². The zero-order chi connectivity index (χ0) is 19.3. The van der Waals surface area contributed by atoms with Crippen molar-refractivity contribution in [3.05, 3.63) is 29.3 Å². The van der Waals surface area contributed by atoms with Crippen molar-refractivity contribution in [2.45, 2.75) is 59.8 Å². The Hall–Kier alpha value is -2.50. The number of carbonyl (C=O) groups excluding carboxylic acids is 3. The molecule has 1 aliphatic rings. The zero-order valence-corrected chi connectivity index (χ0v) is 15.9. The second-order valence-corrected chi connectivity index (χ2v) is 7.81. The standard InChI is InChI=1S/C20H27N3O3/c1-13-5-6-17(14(2)9-13)21-18(25)7-8-19(26)23-22-15-10-16(24)12-20(3,4)11-15/h5-6,9H,7-8,10-12H2,1-4H3,(H,21,25)(H,23,26). The summed E-state index contributed by atoms with van der Waals surface area (Å²) >= 11 is 0. The molecule has 1 aromatic rings. The highest BCUT2D eigenvalue weighted by Crippen LogP contribution is 2.31. The molecule has 0 aliphatic heterocycles. The van der Waals surface area contributed by atoms with Crippen molar-refractivity contribution in [3.63, 3.8) is 0 Å². The van der Waals surface area contributed by atoms with Crippen LogP contribution in [0.25, 0.3) is 0 Å². The van der Waals surface area contributed by atoms with Gasteiger partial charge in [-0.25, -0.2) is 5.43 Å². The van der Waals surface area contributed by atoms with Crippen molar-refractivity contribution >= 4 is 29.0 Å². The number of ketones is 1. The van der Waals surface area contributed by atoms with E-state index in [0.717, 1.165) is 16.8 Å². The summed E-state index contributed by atoms with van der Waals surface area (Å²) in [5, 5.41) is 6.89. The number of aryl methyl sites for hydroxylation is 2. The van der Waals surface area contributed by atoms with Crippen LogP contribution >= 0.6 is 0 Å². The van der Waals surface area contributed by atoms with Crippen LogP contribution in [-0.2, 0) is 14.4 Å². The van der Waals surface area contributed by atoms with E-state index in [1.54, 1.807) is 0 Å². The van der Waals surface area contributed by atoms with Crippen molar-refractivity contribution in [3.8, 4) is 0 Å². The average molecular weight is 357 g/mol. The van der Waals surface area contributed by atoms with Gasteiger partial charge in [0.05, 0.1) is 0 Å². The summed E-state index contributed by atoms with van der Waals surface area (Å²) < 4.78 is 0. The molecule has 1 aliphatic carbocycles. The largest absolute Gasteiger partial charge is 0.326 e. The van der Waals surface area contributed by atoms with Crippen LogP contribution < -0.4 is 10.7 Å². The van der Waals surface area contributed by atoms with Crippen LogP contribution in [0.1, 0.15) is 57.1 Å². The van der Waals surface area contributed by atoms with Crippen LogP contribution in [0.5, 0.6) is 0 Å². The van der Waals surface area contributed by atoms with Gasteiger partial charge in [0, 0.05) is 37.1 Å². The molecule has 6 nitrogen and oxygen atoms in total. The normalized spacial score (nSPS) is 17.8. The molecular formula is C20H27N3O3. The van der Waals surface area contributed by atoms with Crippen LogP contribution in [0.4, 0.5) is 5.69 Å². The van der Waals surface area contributed by atoms with E-state index >= 15 is 0 Å². The number of Topliss-reactive ketones (excluding diaryl/α,β-unsaturated/α-hetero) is 1. The molecule has 0 heterocycles. The van der Waals surface area contributed by atoms with Crippen molar-refractivity contribution in [1.29, 1.82) is 0 Å². The number of anilines is 1. The Kier molecular flexibility index (Phi) is 6.29. The van der Waals surface area contributed by atoms with Gasteiger partial charge in [-0.2, -0.15) is 5.10 Å². The lowest BCUT2D eigenvalue weighted by atomic mass is 9.76. The second-order valence-electron chi connectivity index (χ2n) is 7.81. The Morgan fingerprint density at radius 1 is 1.12 bits per heavy atom. The molecular weight excluding hydrogens is 330 g/mol. The van der Waals surface area contributed by atoms with E-state index in [1.165, 1.54) is 0 Å². The number of benzene rings is 1. The van der Waals surface area contributed by atoms with E-state index in [0.29, 0.717) is 18.6 Å². The van der Waals surface area contributed by atoms with Gasteiger partial charge in [-0.15, -0.1) is 0 Å². The minimum atomic E-state index is -0.330. The smallest absolute Gasteiger partial charge is 0.240 e. The molecule has 1 fully saturated rings. The van der Waals surface area contributed by atoms with Crippen LogP contribution in [0, 0.1) is 19.3 Å². The number of nitrogens with zero attached hydrogens (tertiary/aromatic N) is 1. The molecule has 0 unspecified atom stereocenters. The van der Waals surface area contributed by atoms with Crippen LogP contribution in [0.3, 0.4) is 0 Å². The summed E-state index contributed by atoms with van der Waals surface area (Å²) in [7, 11) is 0. The maximum atomic E-state index is 12.0. The number of hydrogen-bond donors (Lipinski definition) is 2. The minimum absolute atomic E-state index is 0.0465. The van der Waals surface area contributed by atoms with Gasteiger partial charge in [0.15, 0.2) is 0 Å². The molecule has 2 N–H and O–H groups in total. The summed E-state index contributed by atoms with van der Waals surface area (Å²) in [6.07, 6.45) is 1.64. The third-order valence-electron chi connectivity index (χ3n) is 4.33. The second kappa shape index (κ2) is 8.25. The van der Waals surface area contributed by atoms with Crippen LogP contribution in [0.15, 0.2) is 23.3 Å². The first kappa shape index (κ1) is 19.8. The molecule has 2 rings (SSSR count). The summed E-state index contributed by atoms with van der Waals surface area (Å²) in [6.45, 7) is 7.95. The predicted octanol–water partition coefficient (Wildman–Crippen LogP) is 3.27. The Morgan fingerprint density at radius 3 is 2.46 bits per heavy atom. The van der Waals surface area contributed by atoms with Crippen molar-refractivity contribution < 1.29 is 14.4 Å².